The van der Waals surface area contributed by atoms with Gasteiger partial charge < -0.3 is 9.64 Å². The van der Waals surface area contributed by atoms with Crippen LogP contribution in [-0.4, -0.2) is 54.0 Å². The summed E-state index contributed by atoms with van der Waals surface area (Å²) in [5.41, 5.74) is 4.56. The largest absolute Gasteiger partial charge is 0.378 e. The highest BCUT2D eigenvalue weighted by molar-refractivity contribution is 7.99. The second kappa shape index (κ2) is 11.2. The summed E-state index contributed by atoms with van der Waals surface area (Å²) in [6, 6.07) is 10.7. The van der Waals surface area contributed by atoms with Gasteiger partial charge in [0.25, 0.3) is 11.4 Å². The van der Waals surface area contributed by atoms with Crippen LogP contribution in [0.15, 0.2) is 47.6 Å². The van der Waals surface area contributed by atoms with Gasteiger partial charge in [-0.05, 0) is 11.6 Å². The number of hydrazone groups is 1. The number of rotatable bonds is 9. The number of amides is 1. The third kappa shape index (κ3) is 6.49. The first-order chi connectivity index (χ1) is 15.4. The van der Waals surface area contributed by atoms with Crippen molar-refractivity contribution in [3.05, 3.63) is 73.8 Å². The summed E-state index contributed by atoms with van der Waals surface area (Å²) in [6.45, 7) is 2.45. The van der Waals surface area contributed by atoms with Crippen LogP contribution >= 0.6 is 11.8 Å². The van der Waals surface area contributed by atoms with Gasteiger partial charge in [-0.25, -0.2) is 5.43 Å². The number of nitro benzene ring substituents is 2. The number of nitro groups is 2. The van der Waals surface area contributed by atoms with E-state index in [4.69, 9.17) is 4.74 Å². The standard InChI is InChI=1S/C20H21N5O6S/c26-20(14-32-13-15-1-3-17(4-2-15)24(27)28)22-21-12-16-11-18(25(29)30)5-6-19(16)23-7-9-31-10-8-23/h1-6,11-12H,7-10,13-14H2,(H,22,26). The summed E-state index contributed by atoms with van der Waals surface area (Å²) >= 11 is 1.34. The average Bonchev–Trinajstić information content (AvgIpc) is 2.80. The molecule has 2 aromatic rings. The SMILES string of the molecule is O=C(CSCc1ccc([N+](=O)[O-])cc1)NN=Cc1cc([N+](=O)[O-])ccc1N1CCOCC1. The van der Waals surface area contributed by atoms with E-state index in [0.29, 0.717) is 37.6 Å². The Morgan fingerprint density at radius 2 is 1.75 bits per heavy atom. The molecule has 1 aliphatic heterocycles. The van der Waals surface area contributed by atoms with Crippen LogP contribution in [0.2, 0.25) is 0 Å². The second-order valence-electron chi connectivity index (χ2n) is 6.81. The van der Waals surface area contributed by atoms with Gasteiger partial charge >= 0.3 is 0 Å². The van der Waals surface area contributed by atoms with Crippen molar-refractivity contribution in [2.75, 3.05) is 37.0 Å². The molecule has 3 rings (SSSR count). The molecule has 0 saturated carbocycles. The highest BCUT2D eigenvalue weighted by atomic mass is 32.2. The molecule has 2 aromatic carbocycles. The molecule has 0 aliphatic carbocycles. The quantitative estimate of drug-likeness (QED) is 0.343. The van der Waals surface area contributed by atoms with Crippen molar-refractivity contribution in [2.45, 2.75) is 5.75 Å². The Kier molecular flexibility index (Phi) is 8.11. The van der Waals surface area contributed by atoms with E-state index in [1.807, 2.05) is 0 Å². The maximum Gasteiger partial charge on any atom is 0.270 e. The third-order valence-electron chi connectivity index (χ3n) is 4.62. The summed E-state index contributed by atoms with van der Waals surface area (Å²) in [5, 5.41) is 25.8. The zero-order chi connectivity index (χ0) is 22.9. The minimum atomic E-state index is -0.478. The minimum Gasteiger partial charge on any atom is -0.378 e. The van der Waals surface area contributed by atoms with Crippen molar-refractivity contribution in [2.24, 2.45) is 5.10 Å². The van der Waals surface area contributed by atoms with E-state index in [1.54, 1.807) is 18.2 Å². The summed E-state index contributed by atoms with van der Waals surface area (Å²) in [6.07, 6.45) is 1.40. The Balaban J connectivity index is 1.55. The first-order valence-corrected chi connectivity index (χ1v) is 10.8. The van der Waals surface area contributed by atoms with Gasteiger partial charge in [-0.2, -0.15) is 5.10 Å². The Morgan fingerprint density at radius 3 is 2.41 bits per heavy atom. The number of hydrogen-bond acceptors (Lipinski definition) is 9. The first-order valence-electron chi connectivity index (χ1n) is 9.68. The molecule has 1 heterocycles. The van der Waals surface area contributed by atoms with Gasteiger partial charge in [0.2, 0.25) is 5.91 Å². The maximum absolute atomic E-state index is 12.1. The van der Waals surface area contributed by atoms with Crippen LogP contribution in [0.3, 0.4) is 0 Å². The molecule has 11 nitrogen and oxygen atoms in total. The molecular weight excluding hydrogens is 438 g/mol. The maximum atomic E-state index is 12.1. The van der Waals surface area contributed by atoms with Crippen molar-refractivity contribution >= 4 is 40.9 Å². The number of hydrogen-bond donors (Lipinski definition) is 1. The number of thioether (sulfide) groups is 1. The zero-order valence-electron chi connectivity index (χ0n) is 17.0. The monoisotopic (exact) mass is 459 g/mol. The van der Waals surface area contributed by atoms with Crippen LogP contribution in [0.4, 0.5) is 17.1 Å². The lowest BCUT2D eigenvalue weighted by Crippen LogP contribution is -2.36. The molecule has 0 bridgehead atoms. The molecule has 1 amide bonds. The molecular formula is C20H21N5O6S. The predicted octanol–water partition coefficient (Wildman–Crippen LogP) is 2.72. The smallest absolute Gasteiger partial charge is 0.270 e. The fourth-order valence-corrected chi connectivity index (χ4v) is 3.81. The number of nitrogens with one attached hydrogen (secondary N) is 1. The number of ether oxygens (including phenoxy) is 1. The first kappa shape index (κ1) is 23.2. The number of nitrogens with zero attached hydrogens (tertiary/aromatic N) is 4. The van der Waals surface area contributed by atoms with Crippen LogP contribution in [0, 0.1) is 20.2 Å². The number of benzene rings is 2. The van der Waals surface area contributed by atoms with Crippen LogP contribution in [0.1, 0.15) is 11.1 Å². The molecule has 1 saturated heterocycles. The van der Waals surface area contributed by atoms with Gasteiger partial charge in [0.1, 0.15) is 0 Å². The van der Waals surface area contributed by atoms with E-state index < -0.39 is 9.85 Å². The number of anilines is 1. The van der Waals surface area contributed by atoms with E-state index in [0.717, 1.165) is 11.3 Å². The molecule has 0 spiro atoms. The van der Waals surface area contributed by atoms with Crippen LogP contribution in [0.5, 0.6) is 0 Å². The van der Waals surface area contributed by atoms with E-state index in [9.17, 15) is 25.0 Å². The lowest BCUT2D eigenvalue weighted by Gasteiger charge is -2.29. The molecule has 0 atom stereocenters. The predicted molar refractivity (Wildman–Crippen MR) is 121 cm³/mol. The zero-order valence-corrected chi connectivity index (χ0v) is 17.8. The number of morpholine rings is 1. The lowest BCUT2D eigenvalue weighted by atomic mass is 10.1. The van der Waals surface area contributed by atoms with Crippen LogP contribution in [0.25, 0.3) is 0 Å². The fourth-order valence-electron chi connectivity index (χ4n) is 3.03. The summed E-state index contributed by atoms with van der Waals surface area (Å²) in [7, 11) is 0. The molecule has 168 valence electrons. The normalized spacial score (nSPS) is 13.8. The third-order valence-corrected chi connectivity index (χ3v) is 5.62. The average molecular weight is 459 g/mol. The Hall–Kier alpha value is -3.51. The van der Waals surface area contributed by atoms with Gasteiger partial charge in [0.05, 0.1) is 35.0 Å². The second-order valence-corrected chi connectivity index (χ2v) is 7.79. The number of carbonyl (C=O) groups excluding carboxylic acids is 1. The van der Waals surface area contributed by atoms with Gasteiger partial charge in [-0.3, -0.25) is 25.0 Å². The van der Waals surface area contributed by atoms with Crippen molar-refractivity contribution in [1.82, 2.24) is 5.43 Å². The van der Waals surface area contributed by atoms with Gasteiger partial charge in [0.15, 0.2) is 0 Å². The van der Waals surface area contributed by atoms with Gasteiger partial charge in [-0.15, -0.1) is 11.8 Å². The van der Waals surface area contributed by atoms with Crippen LogP contribution in [-0.2, 0) is 15.3 Å². The minimum absolute atomic E-state index is 0.0171. The molecule has 12 heteroatoms. The number of non-ortho nitro benzene ring substituents is 2. The van der Waals surface area contributed by atoms with E-state index in [2.05, 4.69) is 15.4 Å². The van der Waals surface area contributed by atoms with Crippen molar-refractivity contribution in [3.63, 3.8) is 0 Å². The van der Waals surface area contributed by atoms with E-state index >= 15 is 0 Å². The molecule has 0 aromatic heterocycles. The highest BCUT2D eigenvalue weighted by Gasteiger charge is 2.17. The highest BCUT2D eigenvalue weighted by Crippen LogP contribution is 2.25. The summed E-state index contributed by atoms with van der Waals surface area (Å²) in [5.74, 6) is 0.326. The van der Waals surface area contributed by atoms with Crippen LogP contribution < -0.4 is 10.3 Å². The van der Waals surface area contributed by atoms with E-state index in [-0.39, 0.29) is 23.0 Å². The topological polar surface area (TPSA) is 140 Å². The van der Waals surface area contributed by atoms with Crippen molar-refractivity contribution in [3.8, 4) is 0 Å². The molecule has 1 fully saturated rings. The molecule has 0 unspecified atom stereocenters. The Labute approximate surface area is 187 Å². The lowest BCUT2D eigenvalue weighted by molar-refractivity contribution is -0.385. The van der Waals surface area contributed by atoms with Crippen molar-refractivity contribution in [1.29, 1.82) is 0 Å². The van der Waals surface area contributed by atoms with Gasteiger partial charge in [0, 0.05) is 54.4 Å². The molecule has 0 radical (unpaired) electrons. The molecule has 1 N–H and O–H groups in total. The van der Waals surface area contributed by atoms with E-state index in [1.165, 1.54) is 42.2 Å². The summed E-state index contributed by atoms with van der Waals surface area (Å²) < 4.78 is 5.35. The number of carbonyl (C=O) groups is 1. The Bertz CT molecular complexity index is 1010. The van der Waals surface area contributed by atoms with Gasteiger partial charge in [-0.1, -0.05) is 12.1 Å². The summed E-state index contributed by atoms with van der Waals surface area (Å²) in [4.78, 5) is 35.0. The Morgan fingerprint density at radius 1 is 1.09 bits per heavy atom. The molecule has 1 aliphatic rings. The molecule has 32 heavy (non-hydrogen) atoms. The fraction of sp³-hybridized carbons (Fsp3) is 0.300. The van der Waals surface area contributed by atoms with Crippen molar-refractivity contribution < 1.29 is 19.4 Å².